The number of amides is 6. The lowest BCUT2D eigenvalue weighted by Crippen LogP contribution is -2.58. The van der Waals surface area contributed by atoms with E-state index < -0.39 is 95.5 Å². The summed E-state index contributed by atoms with van der Waals surface area (Å²) in [5.41, 5.74) is 0. The largest absolute Gasteiger partial charge is 0.467 e. The lowest BCUT2D eigenvalue weighted by molar-refractivity contribution is -0.146. The zero-order valence-corrected chi connectivity index (χ0v) is 40.4. The Morgan fingerprint density at radius 1 is 0.397 bits per heavy atom. The summed E-state index contributed by atoms with van der Waals surface area (Å²) in [6, 6.07) is -5.89. The van der Waals surface area contributed by atoms with Crippen molar-refractivity contribution < 1.29 is 47.8 Å². The number of carbonyl (C=O) groups excluding carboxylic acids is 8. The molecule has 16 nitrogen and oxygen atoms in total. The van der Waals surface area contributed by atoms with E-state index in [2.05, 4.69) is 31.9 Å². The molecular weight excluding hydrogens is 809 g/mol. The van der Waals surface area contributed by atoms with E-state index >= 15 is 0 Å². The predicted molar refractivity (Wildman–Crippen MR) is 240 cm³/mol. The lowest BCUT2D eigenvalue weighted by Gasteiger charge is -2.31. The van der Waals surface area contributed by atoms with Gasteiger partial charge < -0.3 is 41.4 Å². The summed E-state index contributed by atoms with van der Waals surface area (Å²) in [6.45, 7) is 22.9. The molecule has 63 heavy (non-hydrogen) atoms. The lowest BCUT2D eigenvalue weighted by atomic mass is 9.81. The van der Waals surface area contributed by atoms with Crippen LogP contribution in [-0.4, -0.2) is 97.9 Å². The maximum Gasteiger partial charge on any atom is 0.328 e. The Balaban J connectivity index is 2.35. The highest BCUT2D eigenvalue weighted by atomic mass is 16.5. The van der Waals surface area contributed by atoms with Gasteiger partial charge in [-0.25, -0.2) is 9.59 Å². The number of fused-ring (bicyclic) bond motifs is 2. The molecular formula is C47H80N6O10. The molecule has 0 spiro atoms. The van der Waals surface area contributed by atoms with Crippen molar-refractivity contribution in [3.8, 4) is 0 Å². The Kier molecular flexibility index (Phi) is 22.3. The number of ether oxygens (including phenoxy) is 2. The van der Waals surface area contributed by atoms with Gasteiger partial charge in [-0.3, -0.25) is 28.8 Å². The predicted octanol–water partition coefficient (Wildman–Crippen LogP) is 3.96. The minimum atomic E-state index is -1.04. The number of methoxy groups -OCH3 is 2. The number of rotatable bonds is 26. The molecule has 6 amide bonds. The van der Waals surface area contributed by atoms with Crippen LogP contribution in [0.2, 0.25) is 0 Å². The van der Waals surface area contributed by atoms with E-state index in [-0.39, 0.29) is 73.0 Å². The van der Waals surface area contributed by atoms with E-state index in [0.717, 1.165) is 0 Å². The van der Waals surface area contributed by atoms with Gasteiger partial charge in [-0.15, -0.1) is 0 Å². The van der Waals surface area contributed by atoms with Crippen molar-refractivity contribution in [1.29, 1.82) is 0 Å². The van der Waals surface area contributed by atoms with E-state index in [1.165, 1.54) is 14.2 Å². The van der Waals surface area contributed by atoms with Crippen molar-refractivity contribution in [2.24, 2.45) is 59.2 Å². The Hall–Kier alpha value is -4.50. The maximum atomic E-state index is 14.4. The highest BCUT2D eigenvalue weighted by Crippen LogP contribution is 2.48. The zero-order chi connectivity index (χ0) is 47.9. The van der Waals surface area contributed by atoms with E-state index in [4.69, 9.17) is 9.47 Å². The molecule has 2 aliphatic rings. The Bertz CT molecular complexity index is 1500. The average molecular weight is 889 g/mol. The normalized spacial score (nSPS) is 20.8. The van der Waals surface area contributed by atoms with Gasteiger partial charge in [0.25, 0.3) is 0 Å². The third kappa shape index (κ3) is 17.5. The molecule has 6 N–H and O–H groups in total. The van der Waals surface area contributed by atoms with Gasteiger partial charge in [0, 0.05) is 0 Å². The van der Waals surface area contributed by atoms with Gasteiger partial charge in [0.05, 0.1) is 26.1 Å². The molecule has 0 saturated heterocycles. The molecule has 0 heterocycles. The van der Waals surface area contributed by atoms with Crippen LogP contribution >= 0.6 is 0 Å². The molecule has 2 bridgehead atoms. The Morgan fingerprint density at radius 3 is 0.857 bits per heavy atom. The fourth-order valence-corrected chi connectivity index (χ4v) is 8.63. The van der Waals surface area contributed by atoms with Crippen molar-refractivity contribution in [2.75, 3.05) is 14.2 Å². The second kappa shape index (κ2) is 25.7. The summed E-state index contributed by atoms with van der Waals surface area (Å²) < 4.78 is 9.85. The molecule has 358 valence electrons. The number of esters is 2. The highest BCUT2D eigenvalue weighted by Gasteiger charge is 2.52. The smallest absolute Gasteiger partial charge is 0.328 e. The van der Waals surface area contributed by atoms with Crippen molar-refractivity contribution in [3.05, 3.63) is 12.2 Å². The first-order valence-corrected chi connectivity index (χ1v) is 23.0. The van der Waals surface area contributed by atoms with Gasteiger partial charge in [-0.1, -0.05) is 95.2 Å². The number of carbonyl (C=O) groups is 8. The molecule has 0 unspecified atom stereocenters. The molecule has 10 atom stereocenters. The molecule has 0 aromatic heterocycles. The second-order valence-electron chi connectivity index (χ2n) is 20.2. The molecule has 0 aromatic carbocycles. The number of allylic oxidation sites excluding steroid dienone is 2. The molecule has 1 fully saturated rings. The average Bonchev–Trinajstić information content (AvgIpc) is 3.80. The summed E-state index contributed by atoms with van der Waals surface area (Å²) in [5.74, 6) is -6.52. The summed E-state index contributed by atoms with van der Waals surface area (Å²) in [6.07, 6.45) is 6.11. The third-order valence-electron chi connectivity index (χ3n) is 11.4. The minimum absolute atomic E-state index is 0.00513. The molecule has 2 rings (SSSR count). The topological polar surface area (TPSA) is 227 Å². The van der Waals surface area contributed by atoms with Gasteiger partial charge in [0.2, 0.25) is 35.4 Å². The van der Waals surface area contributed by atoms with Crippen LogP contribution in [0.15, 0.2) is 12.2 Å². The van der Waals surface area contributed by atoms with Crippen LogP contribution in [-0.2, 0) is 47.8 Å². The molecule has 16 heteroatoms. The van der Waals surface area contributed by atoms with E-state index in [1.54, 1.807) is 0 Å². The van der Waals surface area contributed by atoms with E-state index in [1.807, 2.05) is 95.2 Å². The van der Waals surface area contributed by atoms with Crippen LogP contribution in [0.25, 0.3) is 0 Å². The first-order chi connectivity index (χ1) is 29.4. The van der Waals surface area contributed by atoms with Crippen molar-refractivity contribution in [2.45, 2.75) is 164 Å². The second-order valence-corrected chi connectivity index (χ2v) is 20.2. The fraction of sp³-hybridized carbons (Fsp3) is 0.787. The van der Waals surface area contributed by atoms with Crippen LogP contribution in [0.3, 0.4) is 0 Å². The fourth-order valence-electron chi connectivity index (χ4n) is 8.63. The number of hydrogen-bond acceptors (Lipinski definition) is 10. The van der Waals surface area contributed by atoms with Crippen molar-refractivity contribution in [1.82, 2.24) is 31.9 Å². The molecule has 0 radical (unpaired) electrons. The Morgan fingerprint density at radius 2 is 0.619 bits per heavy atom. The van der Waals surface area contributed by atoms with Crippen LogP contribution in [0.5, 0.6) is 0 Å². The van der Waals surface area contributed by atoms with Crippen LogP contribution in [0, 0.1) is 59.2 Å². The van der Waals surface area contributed by atoms with Crippen LogP contribution in [0.4, 0.5) is 0 Å². The van der Waals surface area contributed by atoms with Crippen molar-refractivity contribution in [3.63, 3.8) is 0 Å². The summed E-state index contributed by atoms with van der Waals surface area (Å²) in [4.78, 5) is 109. The molecule has 0 aliphatic heterocycles. The first kappa shape index (κ1) is 54.6. The Labute approximate surface area is 376 Å². The summed E-state index contributed by atoms with van der Waals surface area (Å²) in [7, 11) is 2.50. The molecule has 2 aliphatic carbocycles. The molecule has 0 aromatic rings. The minimum Gasteiger partial charge on any atom is -0.467 e. The third-order valence-corrected chi connectivity index (χ3v) is 11.4. The number of nitrogens with one attached hydrogen (secondary N) is 6. The number of hydrogen-bond donors (Lipinski definition) is 6. The van der Waals surface area contributed by atoms with Gasteiger partial charge in [-0.2, -0.15) is 0 Å². The summed E-state index contributed by atoms with van der Waals surface area (Å²) in [5, 5.41) is 17.1. The van der Waals surface area contributed by atoms with Gasteiger partial charge in [-0.05, 0) is 92.3 Å². The first-order valence-electron chi connectivity index (χ1n) is 23.0. The van der Waals surface area contributed by atoms with Crippen molar-refractivity contribution >= 4 is 47.4 Å². The van der Waals surface area contributed by atoms with Gasteiger partial charge >= 0.3 is 11.9 Å². The quantitative estimate of drug-likeness (QED) is 0.0542. The van der Waals surface area contributed by atoms with Crippen LogP contribution in [0.1, 0.15) is 128 Å². The SMILES string of the molecule is COC(=O)[C@H](CC(C)C)NC(=O)[C@H](CC(C)C)NC(=O)[C@H](CC(C)C)NC(=O)[C@@H]1[C@H](C(=O)N[C@@H](CC(C)C)C(=O)N[C@@H](CC(C)C)C(=O)N[C@@H](CC(C)C)C(=O)OC)[C@@H]2C=C[C@H]1C2. The van der Waals surface area contributed by atoms with Gasteiger partial charge in [0.15, 0.2) is 0 Å². The van der Waals surface area contributed by atoms with Crippen LogP contribution < -0.4 is 31.9 Å². The van der Waals surface area contributed by atoms with Gasteiger partial charge in [0.1, 0.15) is 36.3 Å². The monoisotopic (exact) mass is 889 g/mol. The summed E-state index contributed by atoms with van der Waals surface area (Å²) >= 11 is 0. The highest BCUT2D eigenvalue weighted by molar-refractivity contribution is 5.97. The van der Waals surface area contributed by atoms with E-state index in [0.29, 0.717) is 19.3 Å². The zero-order valence-electron chi connectivity index (χ0n) is 40.4. The molecule has 1 saturated carbocycles. The maximum absolute atomic E-state index is 14.4. The van der Waals surface area contributed by atoms with E-state index in [9.17, 15) is 38.4 Å². The standard InChI is InChI=1S/C47H80N6O10/c1-24(2)17-32(42(56)52-36(21-28(9)10)46(60)62-13)48-40(54)34(19-26(5)6)50-44(58)38-30-15-16-31(23-30)39(38)45(59)51-35(20-27(7)8)41(55)49-33(18-25(3)4)43(57)53-37(22-29(11)12)47(61)63-14/h15-16,24-39H,17-23H2,1-14H3,(H,48,54)(H,49,55)(H,50,58)(H,51,59)(H,52,56)(H,53,57)/t30-,31+,32-,33-,34-,35-,36-,37-,38-,39+/m0/s1.